The number of rotatable bonds is 2. The van der Waals surface area contributed by atoms with Crippen molar-refractivity contribution in [2.75, 3.05) is 44.4 Å². The smallest absolute Gasteiger partial charge is 0.184 e. The fourth-order valence-electron chi connectivity index (χ4n) is 2.47. The first kappa shape index (κ1) is 11.6. The summed E-state index contributed by atoms with van der Waals surface area (Å²) in [4.78, 5) is 2.24. The van der Waals surface area contributed by atoms with Crippen LogP contribution in [0.2, 0.25) is 0 Å². The Hall–Kier alpha value is -1.46. The van der Waals surface area contributed by atoms with Crippen molar-refractivity contribution in [2.24, 2.45) is 0 Å². The van der Waals surface area contributed by atoms with E-state index in [9.17, 15) is 5.11 Å². The van der Waals surface area contributed by atoms with Crippen molar-refractivity contribution >= 4 is 5.69 Å². The van der Waals surface area contributed by atoms with Gasteiger partial charge in [-0.15, -0.1) is 0 Å². The number of anilines is 1. The molecule has 1 aromatic carbocycles. The maximum Gasteiger partial charge on any atom is 0.184 e. The van der Waals surface area contributed by atoms with Crippen molar-refractivity contribution in [3.8, 4) is 11.5 Å². The minimum Gasteiger partial charge on any atom is -0.486 e. The molecule has 2 aliphatic rings. The molecule has 98 valence electrons. The molecule has 0 aromatic heterocycles. The van der Waals surface area contributed by atoms with E-state index in [0.717, 1.165) is 36.8 Å². The van der Waals surface area contributed by atoms with Crippen LogP contribution >= 0.6 is 0 Å². The minimum atomic E-state index is 0.124. The van der Waals surface area contributed by atoms with Gasteiger partial charge in [0.05, 0.1) is 12.3 Å². The molecule has 0 amide bonds. The number of benzene rings is 1. The van der Waals surface area contributed by atoms with Crippen LogP contribution < -0.4 is 19.7 Å². The van der Waals surface area contributed by atoms with Crippen molar-refractivity contribution in [1.29, 1.82) is 0 Å². The summed E-state index contributed by atoms with van der Waals surface area (Å²) >= 11 is 0. The first-order valence-corrected chi connectivity index (χ1v) is 6.36. The molecular formula is C13H18N2O3. The van der Waals surface area contributed by atoms with Crippen molar-refractivity contribution < 1.29 is 14.6 Å². The molecule has 3 rings (SSSR count). The Labute approximate surface area is 106 Å². The first-order valence-electron chi connectivity index (χ1n) is 6.36. The average Bonchev–Trinajstić information content (AvgIpc) is 2.47. The minimum absolute atomic E-state index is 0.124. The maximum absolute atomic E-state index is 9.25. The van der Waals surface area contributed by atoms with E-state index in [2.05, 4.69) is 10.2 Å². The van der Waals surface area contributed by atoms with Crippen molar-refractivity contribution in [3.05, 3.63) is 18.2 Å². The fraction of sp³-hybridized carbons (Fsp3) is 0.538. The Kier molecular flexibility index (Phi) is 3.25. The Morgan fingerprint density at radius 1 is 1.33 bits per heavy atom. The summed E-state index contributed by atoms with van der Waals surface area (Å²) in [7, 11) is 0. The van der Waals surface area contributed by atoms with Crippen LogP contribution in [0.15, 0.2) is 18.2 Å². The number of nitrogens with one attached hydrogen (secondary N) is 1. The quantitative estimate of drug-likeness (QED) is 0.787. The first-order chi connectivity index (χ1) is 8.88. The largest absolute Gasteiger partial charge is 0.486 e. The molecule has 0 spiro atoms. The van der Waals surface area contributed by atoms with Gasteiger partial charge in [-0.3, -0.25) is 0 Å². The molecule has 0 bridgehead atoms. The van der Waals surface area contributed by atoms with Crippen LogP contribution in [0, 0.1) is 0 Å². The van der Waals surface area contributed by atoms with Crippen LogP contribution in [0.25, 0.3) is 0 Å². The molecule has 5 nitrogen and oxygen atoms in total. The van der Waals surface area contributed by atoms with Gasteiger partial charge in [0.15, 0.2) is 11.5 Å². The van der Waals surface area contributed by atoms with Gasteiger partial charge in [-0.2, -0.15) is 0 Å². The highest BCUT2D eigenvalue weighted by molar-refractivity contribution is 5.65. The molecule has 1 atom stereocenters. The zero-order valence-corrected chi connectivity index (χ0v) is 10.3. The lowest BCUT2D eigenvalue weighted by molar-refractivity contribution is 0.171. The Morgan fingerprint density at radius 3 is 3.11 bits per heavy atom. The molecular weight excluding hydrogens is 232 g/mol. The van der Waals surface area contributed by atoms with Gasteiger partial charge in [0.2, 0.25) is 0 Å². The number of aliphatic hydroxyl groups excluding tert-OH is 1. The third kappa shape index (κ3) is 2.11. The second-order valence-corrected chi connectivity index (χ2v) is 4.58. The highest BCUT2D eigenvalue weighted by atomic mass is 16.6. The van der Waals surface area contributed by atoms with E-state index in [4.69, 9.17) is 9.47 Å². The van der Waals surface area contributed by atoms with Gasteiger partial charge in [-0.05, 0) is 12.1 Å². The standard InChI is InChI=1S/C13H18N2O3/c16-9-10-8-15(5-4-14-10)11-2-1-3-12-13(11)18-7-6-17-12/h1-3,10,14,16H,4-9H2. The maximum atomic E-state index is 9.25. The molecule has 18 heavy (non-hydrogen) atoms. The summed E-state index contributed by atoms with van der Waals surface area (Å²) in [6, 6.07) is 6.09. The summed E-state index contributed by atoms with van der Waals surface area (Å²) in [5, 5.41) is 12.5. The highest BCUT2D eigenvalue weighted by Gasteiger charge is 2.24. The van der Waals surface area contributed by atoms with Crippen molar-refractivity contribution in [2.45, 2.75) is 6.04 Å². The zero-order chi connectivity index (χ0) is 12.4. The average molecular weight is 250 g/mol. The van der Waals surface area contributed by atoms with Gasteiger partial charge in [0.1, 0.15) is 13.2 Å². The number of fused-ring (bicyclic) bond motifs is 1. The summed E-state index contributed by atoms with van der Waals surface area (Å²) in [5.41, 5.74) is 1.06. The third-order valence-electron chi connectivity index (χ3n) is 3.36. The van der Waals surface area contributed by atoms with Crippen LogP contribution in [-0.2, 0) is 0 Å². The second kappa shape index (κ2) is 5.04. The third-order valence-corrected chi connectivity index (χ3v) is 3.36. The lowest BCUT2D eigenvalue weighted by atomic mass is 10.1. The Bertz CT molecular complexity index is 425. The van der Waals surface area contributed by atoms with E-state index in [-0.39, 0.29) is 12.6 Å². The predicted molar refractivity (Wildman–Crippen MR) is 68.5 cm³/mol. The molecule has 1 aromatic rings. The van der Waals surface area contributed by atoms with Crippen LogP contribution in [0.1, 0.15) is 0 Å². The zero-order valence-electron chi connectivity index (χ0n) is 10.3. The summed E-state index contributed by atoms with van der Waals surface area (Å²) < 4.78 is 11.3. The lowest BCUT2D eigenvalue weighted by Gasteiger charge is -2.36. The molecule has 0 radical (unpaired) electrons. The molecule has 2 N–H and O–H groups in total. The molecule has 5 heteroatoms. The van der Waals surface area contributed by atoms with E-state index in [1.807, 2.05) is 18.2 Å². The number of aliphatic hydroxyl groups is 1. The van der Waals surface area contributed by atoms with Crippen LogP contribution in [-0.4, -0.2) is 50.6 Å². The number of para-hydroxylation sites is 1. The van der Waals surface area contributed by atoms with E-state index in [1.165, 1.54) is 0 Å². The summed E-state index contributed by atoms with van der Waals surface area (Å²) in [6.45, 7) is 3.93. The fourth-order valence-corrected chi connectivity index (χ4v) is 2.47. The second-order valence-electron chi connectivity index (χ2n) is 4.58. The monoisotopic (exact) mass is 250 g/mol. The summed E-state index contributed by atoms with van der Waals surface area (Å²) in [6.07, 6.45) is 0. The van der Waals surface area contributed by atoms with Crippen LogP contribution in [0.4, 0.5) is 5.69 Å². The van der Waals surface area contributed by atoms with Gasteiger partial charge in [-0.1, -0.05) is 6.07 Å². The van der Waals surface area contributed by atoms with Gasteiger partial charge in [-0.25, -0.2) is 0 Å². The number of hydrogen-bond acceptors (Lipinski definition) is 5. The lowest BCUT2D eigenvalue weighted by Crippen LogP contribution is -2.52. The van der Waals surface area contributed by atoms with Crippen molar-refractivity contribution in [3.63, 3.8) is 0 Å². The Balaban J connectivity index is 1.87. The van der Waals surface area contributed by atoms with Gasteiger partial charge in [0.25, 0.3) is 0 Å². The predicted octanol–water partition coefficient (Wildman–Crippen LogP) is 0.228. The normalized spacial score (nSPS) is 22.9. The molecule has 0 aliphatic carbocycles. The summed E-state index contributed by atoms with van der Waals surface area (Å²) in [5.74, 6) is 1.65. The molecule has 1 fully saturated rings. The molecule has 1 saturated heterocycles. The van der Waals surface area contributed by atoms with E-state index < -0.39 is 0 Å². The van der Waals surface area contributed by atoms with E-state index >= 15 is 0 Å². The van der Waals surface area contributed by atoms with Crippen molar-refractivity contribution in [1.82, 2.24) is 5.32 Å². The van der Waals surface area contributed by atoms with E-state index in [0.29, 0.717) is 13.2 Å². The molecule has 2 heterocycles. The van der Waals surface area contributed by atoms with E-state index in [1.54, 1.807) is 0 Å². The molecule has 1 unspecified atom stereocenters. The number of ether oxygens (including phenoxy) is 2. The van der Waals surface area contributed by atoms with Gasteiger partial charge >= 0.3 is 0 Å². The topological polar surface area (TPSA) is 54.0 Å². The number of hydrogen-bond donors (Lipinski definition) is 2. The van der Waals surface area contributed by atoms with Crippen LogP contribution in [0.3, 0.4) is 0 Å². The SMILES string of the molecule is OCC1CN(c2cccc3c2OCCO3)CCN1. The van der Waals surface area contributed by atoms with Gasteiger partial charge in [0, 0.05) is 25.7 Å². The number of piperazine rings is 1. The Morgan fingerprint density at radius 2 is 2.22 bits per heavy atom. The number of nitrogens with zero attached hydrogens (tertiary/aromatic N) is 1. The van der Waals surface area contributed by atoms with Gasteiger partial charge < -0.3 is 24.8 Å². The molecule has 2 aliphatic heterocycles. The highest BCUT2D eigenvalue weighted by Crippen LogP contribution is 2.39. The molecule has 0 saturated carbocycles. The van der Waals surface area contributed by atoms with Crippen LogP contribution in [0.5, 0.6) is 11.5 Å².